The molecule has 1 fully saturated rings. The predicted molar refractivity (Wildman–Crippen MR) is 112 cm³/mol. The molecule has 30 heavy (non-hydrogen) atoms. The van der Waals surface area contributed by atoms with Gasteiger partial charge < -0.3 is 10.6 Å². The molecule has 3 heterocycles. The van der Waals surface area contributed by atoms with Gasteiger partial charge in [-0.2, -0.15) is 5.10 Å². The highest BCUT2D eigenvalue weighted by Gasteiger charge is 2.29. The van der Waals surface area contributed by atoms with E-state index in [0.29, 0.717) is 18.1 Å². The first-order valence-corrected chi connectivity index (χ1v) is 10.1. The SMILES string of the molecule is O=C(NCc1ccc(-n2cccn2)nc1)Nc1ccc(CN2C(=O)CSC2=O)cc1. The Morgan fingerprint density at radius 3 is 2.53 bits per heavy atom. The molecule has 3 aromatic rings. The third-order valence-electron chi connectivity index (χ3n) is 4.39. The molecule has 4 rings (SSSR count). The Kier molecular flexibility index (Phi) is 5.75. The average molecular weight is 422 g/mol. The van der Waals surface area contributed by atoms with Gasteiger partial charge in [-0.25, -0.2) is 14.5 Å². The van der Waals surface area contributed by atoms with E-state index in [0.717, 1.165) is 22.9 Å². The zero-order valence-electron chi connectivity index (χ0n) is 15.8. The van der Waals surface area contributed by atoms with Crippen molar-refractivity contribution in [3.63, 3.8) is 0 Å². The molecule has 0 spiro atoms. The van der Waals surface area contributed by atoms with Gasteiger partial charge in [0.05, 0.1) is 12.3 Å². The van der Waals surface area contributed by atoms with Gasteiger partial charge in [0.2, 0.25) is 5.91 Å². The van der Waals surface area contributed by atoms with Gasteiger partial charge in [-0.15, -0.1) is 0 Å². The number of imide groups is 1. The first kappa shape index (κ1) is 19.6. The maximum atomic E-state index is 12.1. The van der Waals surface area contributed by atoms with Gasteiger partial charge in [0.1, 0.15) is 0 Å². The van der Waals surface area contributed by atoms with Gasteiger partial charge in [-0.1, -0.05) is 30.0 Å². The molecule has 4 amide bonds. The van der Waals surface area contributed by atoms with Crippen molar-refractivity contribution in [1.29, 1.82) is 0 Å². The van der Waals surface area contributed by atoms with E-state index in [1.165, 1.54) is 4.90 Å². The Bertz CT molecular complexity index is 1040. The Labute approximate surface area is 176 Å². The molecule has 0 atom stereocenters. The quantitative estimate of drug-likeness (QED) is 0.632. The van der Waals surface area contributed by atoms with Crippen LogP contribution in [0, 0.1) is 0 Å². The largest absolute Gasteiger partial charge is 0.334 e. The van der Waals surface area contributed by atoms with E-state index in [1.807, 2.05) is 18.2 Å². The molecule has 0 bridgehead atoms. The van der Waals surface area contributed by atoms with Gasteiger partial charge in [-0.3, -0.25) is 14.5 Å². The predicted octanol–water partition coefficient (Wildman–Crippen LogP) is 2.78. The molecule has 9 nitrogen and oxygen atoms in total. The standard InChI is InChI=1S/C20H18N6O3S/c27-18-13-30-20(29)25(18)12-14-2-5-16(6-3-14)24-19(28)22-11-15-4-7-17(21-10-15)26-9-1-8-23-26/h1-10H,11-13H2,(H2,22,24,28). The monoisotopic (exact) mass is 422 g/mol. The minimum atomic E-state index is -0.347. The molecule has 2 aromatic heterocycles. The van der Waals surface area contributed by atoms with Crippen LogP contribution in [0.25, 0.3) is 5.82 Å². The van der Waals surface area contributed by atoms with Crippen LogP contribution in [-0.4, -0.2) is 42.6 Å². The Morgan fingerprint density at radius 2 is 1.90 bits per heavy atom. The molecule has 1 aromatic carbocycles. The first-order valence-electron chi connectivity index (χ1n) is 9.14. The smallest absolute Gasteiger partial charge is 0.319 e. The maximum absolute atomic E-state index is 12.1. The van der Waals surface area contributed by atoms with Crippen LogP contribution in [0.15, 0.2) is 61.1 Å². The van der Waals surface area contributed by atoms with Crippen molar-refractivity contribution in [1.82, 2.24) is 25.0 Å². The van der Waals surface area contributed by atoms with Gasteiger partial charge >= 0.3 is 6.03 Å². The van der Waals surface area contributed by atoms with Gasteiger partial charge in [0.25, 0.3) is 5.24 Å². The molecule has 0 radical (unpaired) electrons. The van der Waals surface area contributed by atoms with Gasteiger partial charge in [-0.05, 0) is 35.4 Å². The second kappa shape index (κ2) is 8.78. The summed E-state index contributed by atoms with van der Waals surface area (Å²) in [6.45, 7) is 0.561. The highest BCUT2D eigenvalue weighted by Crippen LogP contribution is 2.21. The molecule has 10 heteroatoms. The normalized spacial score (nSPS) is 13.5. The fourth-order valence-electron chi connectivity index (χ4n) is 2.83. The summed E-state index contributed by atoms with van der Waals surface area (Å²) in [6, 6.07) is 12.2. The van der Waals surface area contributed by atoms with E-state index in [1.54, 1.807) is 47.5 Å². The van der Waals surface area contributed by atoms with Crippen LogP contribution in [-0.2, 0) is 17.9 Å². The third kappa shape index (κ3) is 4.66. The van der Waals surface area contributed by atoms with Crippen LogP contribution in [0.3, 0.4) is 0 Å². The number of amides is 4. The molecule has 0 aliphatic carbocycles. The highest BCUT2D eigenvalue weighted by molar-refractivity contribution is 8.14. The van der Waals surface area contributed by atoms with Crippen LogP contribution in [0.4, 0.5) is 15.3 Å². The molecule has 1 aliphatic heterocycles. The van der Waals surface area contributed by atoms with Crippen molar-refractivity contribution in [2.75, 3.05) is 11.1 Å². The highest BCUT2D eigenvalue weighted by atomic mass is 32.2. The molecule has 1 aliphatic rings. The fraction of sp³-hybridized carbons (Fsp3) is 0.150. The summed E-state index contributed by atoms with van der Waals surface area (Å²) in [5.41, 5.74) is 2.28. The Morgan fingerprint density at radius 1 is 1.10 bits per heavy atom. The second-order valence-corrected chi connectivity index (χ2v) is 7.44. The fourth-order valence-corrected chi connectivity index (χ4v) is 3.55. The number of anilines is 1. The van der Waals surface area contributed by atoms with E-state index >= 15 is 0 Å². The molecule has 2 N–H and O–H groups in total. The molecule has 1 saturated heterocycles. The minimum Gasteiger partial charge on any atom is -0.334 e. The topological polar surface area (TPSA) is 109 Å². The summed E-state index contributed by atoms with van der Waals surface area (Å²) in [4.78, 5) is 41.0. The number of thioether (sulfide) groups is 1. The number of urea groups is 1. The summed E-state index contributed by atoms with van der Waals surface area (Å²) >= 11 is 1.01. The van der Waals surface area contributed by atoms with Crippen LogP contribution < -0.4 is 10.6 Å². The van der Waals surface area contributed by atoms with Crippen molar-refractivity contribution >= 4 is 34.6 Å². The van der Waals surface area contributed by atoms with Crippen molar-refractivity contribution in [2.24, 2.45) is 0 Å². The van der Waals surface area contributed by atoms with Gasteiger partial charge in [0.15, 0.2) is 5.82 Å². The van der Waals surface area contributed by atoms with Crippen LogP contribution in [0.1, 0.15) is 11.1 Å². The number of carbonyl (C=O) groups is 3. The number of nitrogens with one attached hydrogen (secondary N) is 2. The summed E-state index contributed by atoms with van der Waals surface area (Å²) in [6.07, 6.45) is 5.17. The van der Waals surface area contributed by atoms with Crippen LogP contribution in [0.2, 0.25) is 0 Å². The lowest BCUT2D eigenvalue weighted by Crippen LogP contribution is -2.28. The zero-order chi connectivity index (χ0) is 20.9. The number of carbonyl (C=O) groups excluding carboxylic acids is 3. The number of hydrogen-bond donors (Lipinski definition) is 2. The minimum absolute atomic E-state index is 0.182. The molecule has 0 saturated carbocycles. The summed E-state index contributed by atoms with van der Waals surface area (Å²) < 4.78 is 1.65. The third-order valence-corrected chi connectivity index (χ3v) is 5.25. The number of aromatic nitrogens is 3. The summed E-state index contributed by atoms with van der Waals surface area (Å²) in [7, 11) is 0. The molecular formula is C20H18N6O3S. The van der Waals surface area contributed by atoms with Crippen LogP contribution in [0.5, 0.6) is 0 Å². The van der Waals surface area contributed by atoms with Crippen molar-refractivity contribution in [3.05, 3.63) is 72.2 Å². The number of pyridine rings is 1. The number of hydrogen-bond acceptors (Lipinski definition) is 6. The number of rotatable bonds is 6. The van der Waals surface area contributed by atoms with Crippen molar-refractivity contribution in [3.8, 4) is 5.82 Å². The van der Waals surface area contributed by atoms with E-state index in [-0.39, 0.29) is 29.5 Å². The van der Waals surface area contributed by atoms with Crippen LogP contribution >= 0.6 is 11.8 Å². The van der Waals surface area contributed by atoms with Gasteiger partial charge in [0, 0.05) is 30.8 Å². The number of benzene rings is 1. The lowest BCUT2D eigenvalue weighted by atomic mass is 10.2. The Balaban J connectivity index is 1.27. The molecule has 0 unspecified atom stereocenters. The zero-order valence-corrected chi connectivity index (χ0v) is 16.6. The van der Waals surface area contributed by atoms with E-state index < -0.39 is 0 Å². The van der Waals surface area contributed by atoms with E-state index in [4.69, 9.17) is 0 Å². The van der Waals surface area contributed by atoms with E-state index in [9.17, 15) is 14.4 Å². The average Bonchev–Trinajstić information content (AvgIpc) is 3.40. The van der Waals surface area contributed by atoms with E-state index in [2.05, 4.69) is 20.7 Å². The molecular weight excluding hydrogens is 404 g/mol. The first-order chi connectivity index (χ1) is 14.6. The van der Waals surface area contributed by atoms with Crippen molar-refractivity contribution < 1.29 is 14.4 Å². The summed E-state index contributed by atoms with van der Waals surface area (Å²) in [5.74, 6) is 0.711. The lowest BCUT2D eigenvalue weighted by molar-refractivity contribution is -0.125. The number of nitrogens with zero attached hydrogens (tertiary/aromatic N) is 4. The second-order valence-electron chi connectivity index (χ2n) is 6.51. The summed E-state index contributed by atoms with van der Waals surface area (Å²) in [5, 5.41) is 9.41. The Hall–Kier alpha value is -3.66. The van der Waals surface area contributed by atoms with Crippen molar-refractivity contribution in [2.45, 2.75) is 13.1 Å². The lowest BCUT2D eigenvalue weighted by Gasteiger charge is -2.13. The molecule has 152 valence electrons. The maximum Gasteiger partial charge on any atom is 0.319 e.